The lowest BCUT2D eigenvalue weighted by molar-refractivity contribution is -0.121. The van der Waals surface area contributed by atoms with E-state index in [0.29, 0.717) is 36.8 Å². The molecule has 0 saturated heterocycles. The average molecular weight is 293 g/mol. The fourth-order valence-electron chi connectivity index (χ4n) is 2.81. The maximum atomic E-state index is 12.1. The van der Waals surface area contributed by atoms with Crippen molar-refractivity contribution in [1.29, 1.82) is 0 Å². The number of aromatic nitrogens is 1. The highest BCUT2D eigenvalue weighted by Crippen LogP contribution is 2.28. The second kappa shape index (κ2) is 7.36. The molecule has 6 heteroatoms. The minimum Gasteiger partial charge on any atom is -0.361 e. The molecule has 0 aromatic carbocycles. The van der Waals surface area contributed by atoms with Gasteiger partial charge in [0.2, 0.25) is 5.91 Å². The van der Waals surface area contributed by atoms with Gasteiger partial charge >= 0.3 is 0 Å². The number of hydrogen-bond acceptors (Lipinski definition) is 5. The van der Waals surface area contributed by atoms with Gasteiger partial charge in [-0.15, -0.1) is 0 Å². The molecule has 1 aliphatic rings. The van der Waals surface area contributed by atoms with E-state index in [2.05, 4.69) is 10.5 Å². The summed E-state index contributed by atoms with van der Waals surface area (Å²) in [6, 6.07) is 1.91. The molecule has 2 rings (SSSR count). The van der Waals surface area contributed by atoms with Gasteiger partial charge in [-0.2, -0.15) is 0 Å². The van der Waals surface area contributed by atoms with E-state index in [1.54, 1.807) is 13.0 Å². The van der Waals surface area contributed by atoms with E-state index in [-0.39, 0.29) is 17.7 Å². The molecular formula is C15H23N3O3. The summed E-state index contributed by atoms with van der Waals surface area (Å²) in [5.74, 6) is 1.10. The first-order chi connectivity index (χ1) is 10.1. The number of hydrogen-bond donors (Lipinski definition) is 2. The third-order valence-corrected chi connectivity index (χ3v) is 3.97. The summed E-state index contributed by atoms with van der Waals surface area (Å²) < 4.78 is 4.93. The molecule has 1 aromatic rings. The SMILES string of the molecule is Cc1cc(C(=O)CC2CCC(NC(=O)CCN)CC2)no1. The summed E-state index contributed by atoms with van der Waals surface area (Å²) in [7, 11) is 0. The zero-order valence-corrected chi connectivity index (χ0v) is 12.4. The van der Waals surface area contributed by atoms with E-state index in [9.17, 15) is 9.59 Å². The summed E-state index contributed by atoms with van der Waals surface area (Å²) in [4.78, 5) is 23.6. The van der Waals surface area contributed by atoms with Crippen molar-refractivity contribution in [3.05, 3.63) is 17.5 Å². The van der Waals surface area contributed by atoms with Crippen molar-refractivity contribution in [3.8, 4) is 0 Å². The van der Waals surface area contributed by atoms with Crippen molar-refractivity contribution >= 4 is 11.7 Å². The molecule has 1 heterocycles. The highest BCUT2D eigenvalue weighted by molar-refractivity contribution is 5.94. The highest BCUT2D eigenvalue weighted by Gasteiger charge is 2.25. The van der Waals surface area contributed by atoms with Gasteiger partial charge in [-0.25, -0.2) is 0 Å². The van der Waals surface area contributed by atoms with Crippen LogP contribution in [0.1, 0.15) is 54.8 Å². The lowest BCUT2D eigenvalue weighted by Crippen LogP contribution is -2.38. The molecule has 21 heavy (non-hydrogen) atoms. The molecule has 0 spiro atoms. The van der Waals surface area contributed by atoms with E-state index in [1.165, 1.54) is 0 Å². The zero-order chi connectivity index (χ0) is 15.2. The van der Waals surface area contributed by atoms with E-state index >= 15 is 0 Å². The molecule has 3 N–H and O–H groups in total. The third-order valence-electron chi connectivity index (χ3n) is 3.97. The lowest BCUT2D eigenvalue weighted by Gasteiger charge is -2.28. The smallest absolute Gasteiger partial charge is 0.221 e. The molecule has 1 aromatic heterocycles. The molecule has 1 amide bonds. The van der Waals surface area contributed by atoms with Crippen molar-refractivity contribution in [2.45, 2.75) is 51.5 Å². The standard InChI is InChI=1S/C15H23N3O3/c1-10-8-13(18-21-10)14(19)9-11-2-4-12(5-3-11)17-15(20)6-7-16/h8,11-12H,2-7,9,16H2,1H3,(H,17,20). The number of nitrogens with one attached hydrogen (secondary N) is 1. The van der Waals surface area contributed by atoms with E-state index < -0.39 is 0 Å². The number of amides is 1. The quantitative estimate of drug-likeness (QED) is 0.776. The van der Waals surface area contributed by atoms with Crippen LogP contribution in [0.4, 0.5) is 0 Å². The number of carbonyl (C=O) groups is 2. The van der Waals surface area contributed by atoms with Gasteiger partial charge in [0.15, 0.2) is 5.78 Å². The molecule has 0 radical (unpaired) electrons. The molecular weight excluding hydrogens is 270 g/mol. The largest absolute Gasteiger partial charge is 0.361 e. The average Bonchev–Trinajstić information content (AvgIpc) is 2.88. The van der Waals surface area contributed by atoms with E-state index in [1.807, 2.05) is 0 Å². The highest BCUT2D eigenvalue weighted by atomic mass is 16.5. The number of rotatable bonds is 6. The molecule has 0 unspecified atom stereocenters. The van der Waals surface area contributed by atoms with Crippen LogP contribution in [0.2, 0.25) is 0 Å². The number of aryl methyl sites for hydroxylation is 1. The van der Waals surface area contributed by atoms with Crippen molar-refractivity contribution in [3.63, 3.8) is 0 Å². The van der Waals surface area contributed by atoms with Gasteiger partial charge in [0, 0.05) is 31.5 Å². The van der Waals surface area contributed by atoms with Crippen LogP contribution in [-0.2, 0) is 4.79 Å². The number of carbonyl (C=O) groups excluding carboxylic acids is 2. The molecule has 1 saturated carbocycles. The lowest BCUT2D eigenvalue weighted by atomic mass is 9.83. The van der Waals surface area contributed by atoms with Crippen LogP contribution < -0.4 is 11.1 Å². The molecule has 0 bridgehead atoms. The van der Waals surface area contributed by atoms with Crippen molar-refractivity contribution < 1.29 is 14.1 Å². The first-order valence-corrected chi connectivity index (χ1v) is 7.54. The fourth-order valence-corrected chi connectivity index (χ4v) is 2.81. The topological polar surface area (TPSA) is 98.2 Å². The minimum absolute atomic E-state index is 0.0232. The van der Waals surface area contributed by atoms with Crippen LogP contribution in [0.3, 0.4) is 0 Å². The van der Waals surface area contributed by atoms with Gasteiger partial charge in [-0.1, -0.05) is 5.16 Å². The monoisotopic (exact) mass is 293 g/mol. The maximum absolute atomic E-state index is 12.1. The Morgan fingerprint density at radius 2 is 2.10 bits per heavy atom. The Balaban J connectivity index is 1.74. The van der Waals surface area contributed by atoms with Crippen molar-refractivity contribution in [1.82, 2.24) is 10.5 Å². The second-order valence-electron chi connectivity index (χ2n) is 5.77. The Bertz CT molecular complexity index is 490. The normalized spacial score (nSPS) is 22.0. The molecule has 1 aliphatic carbocycles. The summed E-state index contributed by atoms with van der Waals surface area (Å²) in [5, 5.41) is 6.76. The second-order valence-corrected chi connectivity index (χ2v) is 5.77. The van der Waals surface area contributed by atoms with Crippen LogP contribution in [0.15, 0.2) is 10.6 Å². The molecule has 0 atom stereocenters. The van der Waals surface area contributed by atoms with Gasteiger partial charge < -0.3 is 15.6 Å². The Kier molecular flexibility index (Phi) is 5.50. The number of nitrogens with two attached hydrogens (primary N) is 1. The van der Waals surface area contributed by atoms with Crippen molar-refractivity contribution in [2.24, 2.45) is 11.7 Å². The number of Topliss-reactive ketones (excluding diaryl/α,β-unsaturated/α-hetero) is 1. The Morgan fingerprint density at radius 3 is 2.67 bits per heavy atom. The third kappa shape index (κ3) is 4.67. The van der Waals surface area contributed by atoms with Crippen LogP contribution in [0.25, 0.3) is 0 Å². The summed E-state index contributed by atoms with van der Waals surface area (Å²) >= 11 is 0. The summed E-state index contributed by atoms with van der Waals surface area (Å²) in [5.41, 5.74) is 5.78. The fraction of sp³-hybridized carbons (Fsp3) is 0.667. The first-order valence-electron chi connectivity index (χ1n) is 7.54. The Morgan fingerprint density at radius 1 is 1.38 bits per heavy atom. The first kappa shape index (κ1) is 15.7. The number of ketones is 1. The minimum atomic E-state index is 0.0232. The van der Waals surface area contributed by atoms with Gasteiger partial charge in [-0.05, 0) is 38.5 Å². The summed E-state index contributed by atoms with van der Waals surface area (Å²) in [6.45, 7) is 2.16. The van der Waals surface area contributed by atoms with Crippen LogP contribution in [0.5, 0.6) is 0 Å². The molecule has 116 valence electrons. The van der Waals surface area contributed by atoms with Crippen LogP contribution in [-0.4, -0.2) is 29.4 Å². The zero-order valence-electron chi connectivity index (χ0n) is 12.4. The van der Waals surface area contributed by atoms with Gasteiger partial charge in [-0.3, -0.25) is 9.59 Å². The Hall–Kier alpha value is -1.69. The summed E-state index contributed by atoms with van der Waals surface area (Å²) in [6.07, 6.45) is 4.64. The Labute approximate surface area is 124 Å². The molecule has 0 aliphatic heterocycles. The predicted molar refractivity (Wildman–Crippen MR) is 77.7 cm³/mol. The molecule has 6 nitrogen and oxygen atoms in total. The number of nitrogens with zero attached hydrogens (tertiary/aromatic N) is 1. The van der Waals surface area contributed by atoms with E-state index in [4.69, 9.17) is 10.3 Å². The van der Waals surface area contributed by atoms with Crippen LogP contribution >= 0.6 is 0 Å². The maximum Gasteiger partial charge on any atom is 0.221 e. The van der Waals surface area contributed by atoms with Crippen molar-refractivity contribution in [2.75, 3.05) is 6.54 Å². The van der Waals surface area contributed by atoms with Crippen LogP contribution in [0, 0.1) is 12.8 Å². The van der Waals surface area contributed by atoms with E-state index in [0.717, 1.165) is 25.7 Å². The van der Waals surface area contributed by atoms with Gasteiger partial charge in [0.25, 0.3) is 0 Å². The molecule has 1 fully saturated rings. The van der Waals surface area contributed by atoms with Gasteiger partial charge in [0.1, 0.15) is 11.5 Å². The van der Waals surface area contributed by atoms with Gasteiger partial charge in [0.05, 0.1) is 0 Å². The predicted octanol–water partition coefficient (Wildman–Crippen LogP) is 1.58.